The highest BCUT2D eigenvalue weighted by Crippen LogP contribution is 1.84. The highest BCUT2D eigenvalue weighted by molar-refractivity contribution is 5.80. The molecule has 0 unspecified atom stereocenters. The number of hydrogen-bond donors (Lipinski definition) is 0. The van der Waals surface area contributed by atoms with Gasteiger partial charge in [-0.1, -0.05) is 31.9 Å². The summed E-state index contributed by atoms with van der Waals surface area (Å²) in [6.45, 7) is 10.2. The van der Waals surface area contributed by atoms with Gasteiger partial charge >= 0.3 is 12.1 Å². The van der Waals surface area contributed by atoms with Gasteiger partial charge in [0.2, 0.25) is 0 Å². The van der Waals surface area contributed by atoms with Crippen LogP contribution in [-0.4, -0.2) is 32.4 Å². The van der Waals surface area contributed by atoms with Gasteiger partial charge < -0.3 is 14.2 Å². The smallest absolute Gasteiger partial charge is 0.466 e. The van der Waals surface area contributed by atoms with E-state index in [1.807, 2.05) is 0 Å². The van der Waals surface area contributed by atoms with E-state index in [-0.39, 0.29) is 13.2 Å². The molecule has 0 aliphatic carbocycles. The van der Waals surface area contributed by atoms with Crippen LogP contribution in [0.25, 0.3) is 0 Å². The molecule has 0 aliphatic rings. The lowest BCUT2D eigenvalue weighted by molar-refractivity contribution is -0.134. The summed E-state index contributed by atoms with van der Waals surface area (Å²) in [5, 5.41) is 0. The maximum Gasteiger partial charge on any atom is 0.508 e. The predicted molar refractivity (Wildman–Crippen MR) is 59.9 cm³/mol. The first-order valence-electron chi connectivity index (χ1n) is 4.34. The van der Waals surface area contributed by atoms with Crippen molar-refractivity contribution in [3.63, 3.8) is 0 Å². The lowest BCUT2D eigenvalue weighted by Gasteiger charge is -1.99. The molecule has 90 valence electrons. The Labute approximate surface area is 95.0 Å². The summed E-state index contributed by atoms with van der Waals surface area (Å²) in [5.74, 6) is -0.394. The zero-order valence-electron chi connectivity index (χ0n) is 9.31. The van der Waals surface area contributed by atoms with E-state index in [0.29, 0.717) is 0 Å². The molecule has 0 aromatic heterocycles. The van der Waals surface area contributed by atoms with Gasteiger partial charge in [0.05, 0.1) is 7.11 Å². The molecule has 0 radical (unpaired) electrons. The van der Waals surface area contributed by atoms with Crippen molar-refractivity contribution in [1.29, 1.82) is 0 Å². The minimum absolute atomic E-state index is 0.177. The normalized spacial score (nSPS) is 7.56. The van der Waals surface area contributed by atoms with Crippen molar-refractivity contribution in [1.82, 2.24) is 0 Å². The molecule has 0 spiro atoms. The molecule has 0 saturated carbocycles. The SMILES string of the molecule is C=CC(=O)OC.C=CCOC(=O)OCC=C. The Morgan fingerprint density at radius 2 is 1.50 bits per heavy atom. The zero-order chi connectivity index (χ0) is 12.8. The Balaban J connectivity index is 0. The highest BCUT2D eigenvalue weighted by atomic mass is 16.7. The van der Waals surface area contributed by atoms with Gasteiger partial charge in [0.15, 0.2) is 0 Å². The van der Waals surface area contributed by atoms with Crippen LogP contribution in [0.2, 0.25) is 0 Å². The Hall–Kier alpha value is -2.04. The Morgan fingerprint density at radius 3 is 1.69 bits per heavy atom. The van der Waals surface area contributed by atoms with Crippen molar-refractivity contribution >= 4 is 12.1 Å². The summed E-state index contributed by atoms with van der Waals surface area (Å²) in [6, 6.07) is 0. The maximum atomic E-state index is 10.4. The Bertz CT molecular complexity index is 231. The van der Waals surface area contributed by atoms with E-state index in [0.717, 1.165) is 6.08 Å². The minimum Gasteiger partial charge on any atom is -0.466 e. The first-order chi connectivity index (χ1) is 7.62. The first-order valence-corrected chi connectivity index (χ1v) is 4.34. The van der Waals surface area contributed by atoms with Crippen molar-refractivity contribution in [3.8, 4) is 0 Å². The highest BCUT2D eigenvalue weighted by Gasteiger charge is 1.97. The van der Waals surface area contributed by atoms with Crippen molar-refractivity contribution in [2.24, 2.45) is 0 Å². The van der Waals surface area contributed by atoms with E-state index in [9.17, 15) is 9.59 Å². The molecule has 0 fully saturated rings. The quantitative estimate of drug-likeness (QED) is 0.408. The molecule has 0 bridgehead atoms. The van der Waals surface area contributed by atoms with Crippen LogP contribution in [0.15, 0.2) is 38.0 Å². The van der Waals surface area contributed by atoms with Gasteiger partial charge in [-0.2, -0.15) is 0 Å². The van der Waals surface area contributed by atoms with Crippen LogP contribution < -0.4 is 0 Å². The van der Waals surface area contributed by atoms with Gasteiger partial charge in [-0.3, -0.25) is 0 Å². The van der Waals surface area contributed by atoms with Crippen molar-refractivity contribution in [2.45, 2.75) is 0 Å². The third-order valence-electron chi connectivity index (χ3n) is 1.01. The molecule has 0 aromatic carbocycles. The van der Waals surface area contributed by atoms with Crippen LogP contribution in [0, 0.1) is 0 Å². The number of esters is 1. The minimum atomic E-state index is -0.695. The zero-order valence-corrected chi connectivity index (χ0v) is 9.31. The van der Waals surface area contributed by atoms with Crippen LogP contribution in [0.5, 0.6) is 0 Å². The van der Waals surface area contributed by atoms with Crippen molar-refractivity contribution in [2.75, 3.05) is 20.3 Å². The van der Waals surface area contributed by atoms with Crippen LogP contribution >= 0.6 is 0 Å². The van der Waals surface area contributed by atoms with Gasteiger partial charge in [0, 0.05) is 6.08 Å². The molecule has 0 saturated heterocycles. The van der Waals surface area contributed by atoms with Gasteiger partial charge in [0.1, 0.15) is 13.2 Å². The average molecular weight is 228 g/mol. The van der Waals surface area contributed by atoms with E-state index >= 15 is 0 Å². The number of ether oxygens (including phenoxy) is 3. The molecule has 5 heteroatoms. The lowest BCUT2D eigenvalue weighted by Crippen LogP contribution is -2.06. The topological polar surface area (TPSA) is 61.8 Å². The molecule has 0 atom stereocenters. The molecule has 0 heterocycles. The lowest BCUT2D eigenvalue weighted by atomic mass is 10.7. The summed E-state index contributed by atoms with van der Waals surface area (Å²) >= 11 is 0. The monoisotopic (exact) mass is 228 g/mol. The van der Waals surface area contributed by atoms with Crippen LogP contribution in [0.3, 0.4) is 0 Å². The Morgan fingerprint density at radius 1 is 1.06 bits per heavy atom. The molecule has 0 aromatic rings. The maximum absolute atomic E-state index is 10.4. The summed E-state index contributed by atoms with van der Waals surface area (Å²) in [5.41, 5.74) is 0. The fourth-order valence-electron chi connectivity index (χ4n) is 0.379. The fourth-order valence-corrected chi connectivity index (χ4v) is 0.379. The van der Waals surface area contributed by atoms with E-state index in [1.165, 1.54) is 19.3 Å². The summed E-state index contributed by atoms with van der Waals surface area (Å²) in [4.78, 5) is 20.3. The van der Waals surface area contributed by atoms with Crippen LogP contribution in [0.4, 0.5) is 4.79 Å². The molecule has 0 aliphatic heterocycles. The number of carbonyl (C=O) groups is 2. The molecule has 0 N–H and O–H groups in total. The van der Waals surface area contributed by atoms with Gasteiger partial charge in [-0.15, -0.1) is 0 Å². The Kier molecular flexibility index (Phi) is 13.3. The molecule has 0 amide bonds. The van der Waals surface area contributed by atoms with Crippen LogP contribution in [-0.2, 0) is 19.0 Å². The van der Waals surface area contributed by atoms with Crippen molar-refractivity contribution < 1.29 is 23.8 Å². The second kappa shape index (κ2) is 13.0. The van der Waals surface area contributed by atoms with E-state index < -0.39 is 12.1 Å². The number of rotatable bonds is 5. The average Bonchev–Trinajstić information content (AvgIpc) is 2.33. The van der Waals surface area contributed by atoms with Gasteiger partial charge in [0.25, 0.3) is 0 Å². The van der Waals surface area contributed by atoms with Crippen molar-refractivity contribution in [3.05, 3.63) is 38.0 Å². The van der Waals surface area contributed by atoms with E-state index in [1.54, 1.807) is 0 Å². The van der Waals surface area contributed by atoms with Gasteiger partial charge in [-0.25, -0.2) is 9.59 Å². The van der Waals surface area contributed by atoms with Gasteiger partial charge in [-0.05, 0) is 0 Å². The number of carbonyl (C=O) groups excluding carboxylic acids is 2. The molecule has 16 heavy (non-hydrogen) atoms. The standard InChI is InChI=1S/C7H10O3.C4H6O2/c1-3-5-9-7(8)10-6-4-2;1-3-4(5)6-2/h3-4H,1-2,5-6H2;3H,1H2,2H3. The number of methoxy groups -OCH3 is 1. The first kappa shape index (κ1) is 16.4. The fraction of sp³-hybridized carbons (Fsp3) is 0.273. The summed E-state index contributed by atoms with van der Waals surface area (Å²) in [7, 11) is 1.31. The molecular weight excluding hydrogens is 212 g/mol. The predicted octanol–water partition coefficient (Wildman–Crippen LogP) is 1.86. The third-order valence-corrected chi connectivity index (χ3v) is 1.01. The molecule has 0 rings (SSSR count). The summed E-state index contributed by atoms with van der Waals surface area (Å²) < 4.78 is 13.1. The second-order valence-corrected chi connectivity index (χ2v) is 2.18. The van der Waals surface area contributed by atoms with E-state index in [2.05, 4.69) is 33.9 Å². The third kappa shape index (κ3) is 14.5. The number of hydrogen-bond acceptors (Lipinski definition) is 5. The van der Waals surface area contributed by atoms with Crippen LogP contribution in [0.1, 0.15) is 0 Å². The van der Waals surface area contributed by atoms with E-state index in [4.69, 9.17) is 0 Å². The largest absolute Gasteiger partial charge is 0.508 e. The molecular formula is C11H16O5. The molecule has 5 nitrogen and oxygen atoms in total. The summed E-state index contributed by atoms with van der Waals surface area (Å²) in [6.07, 6.45) is 3.35. The second-order valence-electron chi connectivity index (χ2n) is 2.18.